The molecule has 2 heterocycles. The van der Waals surface area contributed by atoms with Gasteiger partial charge in [0.25, 0.3) is 0 Å². The van der Waals surface area contributed by atoms with Crippen LogP contribution in [0.5, 0.6) is 0 Å². The maximum Gasteiger partial charge on any atom is 0.219 e. The molecule has 10 heteroatoms. The molecule has 192 valence electrons. The van der Waals surface area contributed by atoms with Crippen LogP contribution in [-0.2, 0) is 4.79 Å². The highest BCUT2D eigenvalue weighted by molar-refractivity contribution is 8.01. The summed E-state index contributed by atoms with van der Waals surface area (Å²) in [4.78, 5) is 27.9. The highest BCUT2D eigenvalue weighted by Gasteiger charge is 2.45. The summed E-state index contributed by atoms with van der Waals surface area (Å²) in [6.45, 7) is 4.10. The summed E-state index contributed by atoms with van der Waals surface area (Å²) < 4.78 is 0.586. The number of hydrogen-bond acceptors (Lipinski definition) is 9. The van der Waals surface area contributed by atoms with E-state index in [9.17, 15) is 14.9 Å². The predicted octanol–water partition coefficient (Wildman–Crippen LogP) is 6.11. The van der Waals surface area contributed by atoms with Gasteiger partial charge in [-0.15, -0.1) is 10.2 Å². The second kappa shape index (κ2) is 10.4. The van der Waals surface area contributed by atoms with Gasteiger partial charge >= 0.3 is 0 Å². The van der Waals surface area contributed by atoms with Crippen molar-refractivity contribution in [3.8, 4) is 6.07 Å². The summed E-state index contributed by atoms with van der Waals surface area (Å²) in [5, 5.41) is 19.8. The van der Waals surface area contributed by atoms with E-state index in [2.05, 4.69) is 16.3 Å². The topological polar surface area (TPSA) is 113 Å². The first kappa shape index (κ1) is 26.2. The molecule has 1 aliphatic carbocycles. The van der Waals surface area contributed by atoms with Crippen molar-refractivity contribution in [2.75, 3.05) is 10.7 Å². The average molecular weight is 562 g/mol. The van der Waals surface area contributed by atoms with E-state index in [1.807, 2.05) is 44.2 Å². The Morgan fingerprint density at radius 2 is 1.89 bits per heavy atom. The minimum Gasteiger partial charge on any atom is -0.384 e. The van der Waals surface area contributed by atoms with Gasteiger partial charge in [0, 0.05) is 28.3 Å². The second-order valence-electron chi connectivity index (χ2n) is 9.96. The molecule has 0 fully saturated rings. The highest BCUT2D eigenvalue weighted by atomic mass is 35.5. The number of hydrogen-bond donors (Lipinski definition) is 1. The van der Waals surface area contributed by atoms with Crippen LogP contribution < -0.4 is 10.6 Å². The fourth-order valence-electron chi connectivity index (χ4n) is 4.90. The van der Waals surface area contributed by atoms with E-state index in [1.165, 1.54) is 23.1 Å². The molecule has 2 aromatic carbocycles. The molecule has 1 unspecified atom stereocenters. The lowest BCUT2D eigenvalue weighted by Gasteiger charge is -2.42. The first-order valence-corrected chi connectivity index (χ1v) is 14.1. The van der Waals surface area contributed by atoms with E-state index in [1.54, 1.807) is 29.2 Å². The summed E-state index contributed by atoms with van der Waals surface area (Å²) in [6.07, 6.45) is 0.972. The maximum absolute atomic E-state index is 13.6. The van der Waals surface area contributed by atoms with Crippen molar-refractivity contribution < 1.29 is 9.59 Å². The number of anilines is 1. The Balaban J connectivity index is 1.50. The smallest absolute Gasteiger partial charge is 0.219 e. The number of thioether (sulfide) groups is 1. The van der Waals surface area contributed by atoms with Gasteiger partial charge < -0.3 is 5.73 Å². The Hall–Kier alpha value is -3.45. The number of rotatable bonds is 6. The quantitative estimate of drug-likeness (QED) is 0.283. The molecule has 38 heavy (non-hydrogen) atoms. The average Bonchev–Trinajstić information content (AvgIpc) is 3.35. The number of nitrogens with two attached hydrogens (primary N) is 1. The van der Waals surface area contributed by atoms with Crippen molar-refractivity contribution in [1.82, 2.24) is 10.2 Å². The number of aromatic nitrogens is 2. The molecular weight excluding hydrogens is 538 g/mol. The molecule has 0 saturated heterocycles. The van der Waals surface area contributed by atoms with Crippen molar-refractivity contribution in [2.45, 2.75) is 36.9 Å². The zero-order valence-electron chi connectivity index (χ0n) is 20.8. The zero-order valence-corrected chi connectivity index (χ0v) is 23.2. The van der Waals surface area contributed by atoms with Crippen molar-refractivity contribution in [3.05, 3.63) is 93.4 Å². The first-order chi connectivity index (χ1) is 18.2. The number of Topliss-reactive ketones (excluding diaryl/α,β-unsaturated/α-hetero) is 2. The van der Waals surface area contributed by atoms with E-state index in [4.69, 9.17) is 17.3 Å². The van der Waals surface area contributed by atoms with Crippen LogP contribution in [0.25, 0.3) is 0 Å². The van der Waals surface area contributed by atoms with Gasteiger partial charge in [-0.1, -0.05) is 78.9 Å². The monoisotopic (exact) mass is 561 g/mol. The number of halogens is 1. The third kappa shape index (κ3) is 4.99. The molecule has 3 aromatic rings. The summed E-state index contributed by atoms with van der Waals surface area (Å²) in [5.41, 5.74) is 9.44. The summed E-state index contributed by atoms with van der Waals surface area (Å²) in [7, 11) is 0. The van der Waals surface area contributed by atoms with E-state index in [-0.39, 0.29) is 28.6 Å². The van der Waals surface area contributed by atoms with Crippen LogP contribution in [0.1, 0.15) is 48.5 Å². The molecule has 0 amide bonds. The van der Waals surface area contributed by atoms with Gasteiger partial charge in [0.05, 0.1) is 23.3 Å². The SMILES string of the molecule is CC1(C)CC(=O)C2=C(C1)N(c1nnc(SCC(=O)c3ccc(Cl)cc3)s1)C(N)=C(C#N)C2c1ccccc1. The number of nitrogens with zero attached hydrogens (tertiary/aromatic N) is 4. The number of carbonyl (C=O) groups excluding carboxylic acids is 2. The molecule has 0 radical (unpaired) electrons. The third-order valence-corrected chi connectivity index (χ3v) is 8.89. The fourth-order valence-corrected chi connectivity index (χ4v) is 6.80. The van der Waals surface area contributed by atoms with Gasteiger partial charge in [-0.05, 0) is 41.7 Å². The second-order valence-corrected chi connectivity index (χ2v) is 12.6. The molecule has 7 nitrogen and oxygen atoms in total. The molecule has 2 aliphatic rings. The number of nitriles is 1. The van der Waals surface area contributed by atoms with Crippen LogP contribution in [0.4, 0.5) is 5.13 Å². The lowest BCUT2D eigenvalue weighted by atomic mass is 9.69. The van der Waals surface area contributed by atoms with Crippen LogP contribution >= 0.6 is 34.7 Å². The van der Waals surface area contributed by atoms with Gasteiger partial charge in [0.2, 0.25) is 5.13 Å². The predicted molar refractivity (Wildman–Crippen MR) is 150 cm³/mol. The molecule has 0 spiro atoms. The van der Waals surface area contributed by atoms with Crippen molar-refractivity contribution in [3.63, 3.8) is 0 Å². The molecule has 2 N–H and O–H groups in total. The third-order valence-electron chi connectivity index (χ3n) is 6.59. The molecule has 1 atom stereocenters. The summed E-state index contributed by atoms with van der Waals surface area (Å²) in [5.74, 6) is -0.156. The summed E-state index contributed by atoms with van der Waals surface area (Å²) in [6, 6.07) is 18.5. The van der Waals surface area contributed by atoms with Crippen LogP contribution in [0.15, 0.2) is 81.6 Å². The van der Waals surface area contributed by atoms with Gasteiger partial charge in [-0.3, -0.25) is 14.5 Å². The zero-order chi connectivity index (χ0) is 27.0. The van der Waals surface area contributed by atoms with E-state index in [0.717, 1.165) is 11.3 Å². The van der Waals surface area contributed by atoms with E-state index >= 15 is 0 Å². The minimum absolute atomic E-state index is 0.00280. The Kier molecular flexibility index (Phi) is 7.14. The Morgan fingerprint density at radius 3 is 2.58 bits per heavy atom. The Labute approximate surface area is 234 Å². The van der Waals surface area contributed by atoms with Gasteiger partial charge in [0.15, 0.2) is 15.9 Å². The van der Waals surface area contributed by atoms with Crippen LogP contribution in [0.2, 0.25) is 5.02 Å². The van der Waals surface area contributed by atoms with Crippen molar-refractivity contribution in [2.24, 2.45) is 11.1 Å². The van der Waals surface area contributed by atoms with E-state index in [0.29, 0.717) is 44.0 Å². The van der Waals surface area contributed by atoms with Crippen molar-refractivity contribution in [1.29, 1.82) is 5.26 Å². The lowest BCUT2D eigenvalue weighted by Crippen LogP contribution is -2.42. The van der Waals surface area contributed by atoms with Gasteiger partial charge in [0.1, 0.15) is 5.82 Å². The van der Waals surface area contributed by atoms with Crippen LogP contribution in [-0.4, -0.2) is 27.5 Å². The largest absolute Gasteiger partial charge is 0.384 e. The number of ketones is 2. The molecular formula is C28H24ClN5O2S2. The first-order valence-electron chi connectivity index (χ1n) is 11.9. The minimum atomic E-state index is -0.533. The number of allylic oxidation sites excluding steroid dienone is 3. The molecule has 0 bridgehead atoms. The number of carbonyl (C=O) groups is 2. The highest BCUT2D eigenvalue weighted by Crippen LogP contribution is 2.50. The molecule has 1 aliphatic heterocycles. The maximum atomic E-state index is 13.6. The molecule has 0 saturated carbocycles. The molecule has 5 rings (SSSR count). The van der Waals surface area contributed by atoms with Crippen LogP contribution in [0, 0.1) is 16.7 Å². The lowest BCUT2D eigenvalue weighted by molar-refractivity contribution is -0.118. The summed E-state index contributed by atoms with van der Waals surface area (Å²) >= 11 is 8.47. The normalized spacial score (nSPS) is 18.8. The van der Waals surface area contributed by atoms with Crippen molar-refractivity contribution >= 4 is 51.4 Å². The Morgan fingerprint density at radius 1 is 1.18 bits per heavy atom. The van der Waals surface area contributed by atoms with Gasteiger partial charge in [-0.25, -0.2) is 0 Å². The van der Waals surface area contributed by atoms with E-state index < -0.39 is 5.92 Å². The fraction of sp³-hybridized carbons (Fsp3) is 0.250. The van der Waals surface area contributed by atoms with Crippen LogP contribution in [0.3, 0.4) is 0 Å². The molecule has 1 aromatic heterocycles. The number of benzene rings is 2. The van der Waals surface area contributed by atoms with Gasteiger partial charge in [-0.2, -0.15) is 5.26 Å². The Bertz CT molecular complexity index is 1520. The standard InChI is InChI=1S/C28H24ClN5O2S2/c1-28(2)12-20-24(21(35)13-28)23(17-6-4-3-5-7-17)19(14-30)25(31)34(20)26-32-33-27(38-26)37-15-22(36)16-8-10-18(29)11-9-16/h3-11,23H,12-13,15,31H2,1-2H3.